The van der Waals surface area contributed by atoms with Crippen LogP contribution in [0.5, 0.6) is 11.5 Å². The lowest BCUT2D eigenvalue weighted by atomic mass is 9.75. The predicted molar refractivity (Wildman–Crippen MR) is 155 cm³/mol. The van der Waals surface area contributed by atoms with Crippen molar-refractivity contribution >= 4 is 35.1 Å². The molecule has 0 aliphatic heterocycles. The summed E-state index contributed by atoms with van der Waals surface area (Å²) in [7, 11) is 3.14. The zero-order valence-corrected chi connectivity index (χ0v) is 23.3. The van der Waals surface area contributed by atoms with Gasteiger partial charge in [-0.3, -0.25) is 5.32 Å². The molecule has 0 radical (unpaired) electrons. The van der Waals surface area contributed by atoms with Crippen LogP contribution in [0.3, 0.4) is 0 Å². The average molecular weight is 574 g/mol. The molecule has 3 aromatic carbocycles. The molecule has 0 spiro atoms. The quantitative estimate of drug-likeness (QED) is 0.247. The number of carbonyl (C=O) groups excluding carboxylic acids is 1. The maximum Gasteiger partial charge on any atom is 0.412 e. The molecule has 4 aromatic rings. The standard InChI is InChI=1S/C31H25Cl2N3O4/c1-38-27-10-7-18(13-28(27)39-2)11-12-40-31(37)36-30-24(16-34)29-20(17-35-30)14-23(21-5-3-4-6-22(21)29)19-8-9-25(32)26(33)15-19/h3-10,13,15,17,23H,11-12,14H2,1-2H3,(H,35,36,37). The van der Waals surface area contributed by atoms with E-state index < -0.39 is 6.09 Å². The summed E-state index contributed by atoms with van der Waals surface area (Å²) in [6.07, 6.45) is 2.10. The topological polar surface area (TPSA) is 93.5 Å². The van der Waals surface area contributed by atoms with Crippen molar-refractivity contribution in [2.75, 3.05) is 26.1 Å². The number of hydrogen-bond donors (Lipinski definition) is 1. The first-order valence-electron chi connectivity index (χ1n) is 12.5. The van der Waals surface area contributed by atoms with Crippen LogP contribution in [-0.4, -0.2) is 31.9 Å². The smallest absolute Gasteiger partial charge is 0.412 e. The van der Waals surface area contributed by atoms with E-state index in [1.165, 1.54) is 0 Å². The fraction of sp³-hybridized carbons (Fsp3) is 0.194. The first-order valence-corrected chi connectivity index (χ1v) is 13.3. The van der Waals surface area contributed by atoms with Crippen molar-refractivity contribution in [1.82, 2.24) is 4.98 Å². The lowest BCUT2D eigenvalue weighted by Gasteiger charge is -2.29. The molecule has 9 heteroatoms. The lowest BCUT2D eigenvalue weighted by Crippen LogP contribution is -2.19. The molecule has 1 aliphatic carbocycles. The Morgan fingerprint density at radius 2 is 1.85 bits per heavy atom. The van der Waals surface area contributed by atoms with Crippen LogP contribution in [-0.2, 0) is 17.6 Å². The molecule has 5 rings (SSSR count). The van der Waals surface area contributed by atoms with Gasteiger partial charge < -0.3 is 14.2 Å². The highest BCUT2D eigenvalue weighted by molar-refractivity contribution is 6.42. The van der Waals surface area contributed by atoms with Gasteiger partial charge in [-0.05, 0) is 58.5 Å². The molecular formula is C31H25Cl2N3O4. The highest BCUT2D eigenvalue weighted by Crippen LogP contribution is 2.45. The molecule has 0 saturated carbocycles. The van der Waals surface area contributed by atoms with E-state index in [1.807, 2.05) is 48.5 Å². The van der Waals surface area contributed by atoms with Gasteiger partial charge >= 0.3 is 6.09 Å². The maximum atomic E-state index is 12.7. The van der Waals surface area contributed by atoms with Gasteiger partial charge in [0.2, 0.25) is 0 Å². The summed E-state index contributed by atoms with van der Waals surface area (Å²) in [6, 6.07) is 21.3. The molecule has 1 heterocycles. The minimum absolute atomic E-state index is 0.00663. The van der Waals surface area contributed by atoms with Gasteiger partial charge in [-0.25, -0.2) is 9.78 Å². The third-order valence-electron chi connectivity index (χ3n) is 6.94. The number of carbonyl (C=O) groups is 1. The van der Waals surface area contributed by atoms with Crippen molar-refractivity contribution in [1.29, 1.82) is 5.26 Å². The van der Waals surface area contributed by atoms with E-state index in [4.69, 9.17) is 37.4 Å². The van der Waals surface area contributed by atoms with Gasteiger partial charge in [0.1, 0.15) is 11.6 Å². The van der Waals surface area contributed by atoms with E-state index >= 15 is 0 Å². The monoisotopic (exact) mass is 573 g/mol. The molecule has 1 atom stereocenters. The van der Waals surface area contributed by atoms with Crippen LogP contribution in [0.1, 0.15) is 33.7 Å². The maximum absolute atomic E-state index is 12.7. The second kappa shape index (κ2) is 11.9. The number of nitrogens with zero attached hydrogens (tertiary/aromatic N) is 2. The number of halogens is 2. The van der Waals surface area contributed by atoms with Gasteiger partial charge in [0.25, 0.3) is 0 Å². The highest BCUT2D eigenvalue weighted by Gasteiger charge is 2.30. The molecule has 40 heavy (non-hydrogen) atoms. The normalized spacial score (nSPS) is 13.4. The summed E-state index contributed by atoms with van der Waals surface area (Å²) >= 11 is 12.5. The molecule has 0 saturated heterocycles. The third-order valence-corrected chi connectivity index (χ3v) is 7.68. The molecule has 1 aliphatic rings. The van der Waals surface area contributed by atoms with Crippen LogP contribution in [0, 0.1) is 11.3 Å². The van der Waals surface area contributed by atoms with E-state index in [-0.39, 0.29) is 23.9 Å². The molecule has 0 bridgehead atoms. The molecule has 1 amide bonds. The van der Waals surface area contributed by atoms with E-state index in [2.05, 4.69) is 16.4 Å². The third kappa shape index (κ3) is 5.42. The number of methoxy groups -OCH3 is 2. The Morgan fingerprint density at radius 1 is 1.05 bits per heavy atom. The van der Waals surface area contributed by atoms with Crippen LogP contribution in [0.15, 0.2) is 66.9 Å². The summed E-state index contributed by atoms with van der Waals surface area (Å²) in [5.74, 6) is 1.38. The minimum Gasteiger partial charge on any atom is -0.493 e. The van der Waals surface area contributed by atoms with Crippen molar-refractivity contribution in [3.63, 3.8) is 0 Å². The number of aromatic nitrogens is 1. The number of nitriles is 1. The summed E-state index contributed by atoms with van der Waals surface area (Å²) in [4.78, 5) is 17.1. The zero-order valence-electron chi connectivity index (χ0n) is 21.8. The van der Waals surface area contributed by atoms with E-state index in [0.717, 1.165) is 33.4 Å². The van der Waals surface area contributed by atoms with Crippen LogP contribution in [0.2, 0.25) is 10.0 Å². The molecule has 1 unspecified atom stereocenters. The Bertz CT molecular complexity index is 1630. The number of ether oxygens (including phenoxy) is 3. The molecule has 202 valence electrons. The fourth-order valence-corrected chi connectivity index (χ4v) is 5.34. The van der Waals surface area contributed by atoms with Crippen molar-refractivity contribution in [2.45, 2.75) is 18.8 Å². The molecule has 7 nitrogen and oxygen atoms in total. The Labute approximate surface area is 242 Å². The van der Waals surface area contributed by atoms with Gasteiger partial charge in [0, 0.05) is 24.1 Å². The molecule has 1 N–H and O–H groups in total. The fourth-order valence-electron chi connectivity index (χ4n) is 5.03. The first kappa shape index (κ1) is 27.3. The molecule has 1 aromatic heterocycles. The number of rotatable bonds is 7. The predicted octanol–water partition coefficient (Wildman–Crippen LogP) is 7.42. The number of fused-ring (bicyclic) bond motifs is 3. The number of nitrogens with one attached hydrogen (secondary N) is 1. The number of pyridine rings is 1. The van der Waals surface area contributed by atoms with E-state index in [1.54, 1.807) is 32.5 Å². The van der Waals surface area contributed by atoms with Gasteiger partial charge in [-0.15, -0.1) is 0 Å². The van der Waals surface area contributed by atoms with Crippen molar-refractivity contribution in [2.24, 2.45) is 0 Å². The summed E-state index contributed by atoms with van der Waals surface area (Å²) < 4.78 is 16.0. The minimum atomic E-state index is -0.692. The second-order valence-electron chi connectivity index (χ2n) is 9.21. The highest BCUT2D eigenvalue weighted by atomic mass is 35.5. The second-order valence-corrected chi connectivity index (χ2v) is 10.0. The SMILES string of the molecule is COc1ccc(CCOC(=O)Nc2ncc3c(c2C#N)-c2ccccc2C(c2ccc(Cl)c(Cl)c2)C3)cc1OC. The number of benzene rings is 3. The summed E-state index contributed by atoms with van der Waals surface area (Å²) in [5, 5.41) is 13.8. The number of hydrogen-bond acceptors (Lipinski definition) is 6. The summed E-state index contributed by atoms with van der Waals surface area (Å²) in [5.41, 5.74) is 5.84. The Kier molecular flexibility index (Phi) is 8.11. The Morgan fingerprint density at radius 3 is 2.60 bits per heavy atom. The first-order chi connectivity index (χ1) is 19.4. The van der Waals surface area contributed by atoms with Gasteiger partial charge in [0.05, 0.1) is 30.9 Å². The van der Waals surface area contributed by atoms with Crippen LogP contribution >= 0.6 is 23.2 Å². The van der Waals surface area contributed by atoms with Crippen LogP contribution < -0.4 is 14.8 Å². The summed E-state index contributed by atoms with van der Waals surface area (Å²) in [6.45, 7) is 0.127. The Balaban J connectivity index is 1.36. The largest absolute Gasteiger partial charge is 0.493 e. The van der Waals surface area contributed by atoms with Crippen LogP contribution in [0.25, 0.3) is 11.1 Å². The van der Waals surface area contributed by atoms with E-state index in [9.17, 15) is 10.1 Å². The van der Waals surface area contributed by atoms with Crippen LogP contribution in [0.4, 0.5) is 10.6 Å². The molecule has 0 fully saturated rings. The van der Waals surface area contributed by atoms with Gasteiger partial charge in [-0.1, -0.05) is 59.6 Å². The Hall–Kier alpha value is -4.25. The molecular weight excluding hydrogens is 549 g/mol. The number of anilines is 1. The van der Waals surface area contributed by atoms with Crippen molar-refractivity contribution < 1.29 is 19.0 Å². The van der Waals surface area contributed by atoms with Gasteiger partial charge in [0.15, 0.2) is 17.3 Å². The number of amides is 1. The zero-order chi connectivity index (χ0) is 28.2. The van der Waals surface area contributed by atoms with Gasteiger partial charge in [-0.2, -0.15) is 5.26 Å². The average Bonchev–Trinajstić information content (AvgIpc) is 2.98. The van der Waals surface area contributed by atoms with Crippen molar-refractivity contribution in [3.8, 4) is 28.7 Å². The lowest BCUT2D eigenvalue weighted by molar-refractivity contribution is 0.163. The van der Waals surface area contributed by atoms with E-state index in [0.29, 0.717) is 34.4 Å². The van der Waals surface area contributed by atoms with Crippen molar-refractivity contribution in [3.05, 3.63) is 105 Å².